The number of nitrogens with one attached hydrogen (secondary N) is 1. The molecule has 1 fully saturated rings. The van der Waals surface area contributed by atoms with Crippen molar-refractivity contribution in [1.82, 2.24) is 24.9 Å². The standard InChI is InChI=1S/C17H31N5O/c1-14-16(15(2)19-18-14)7-5-9-21(4)17(23)13-22-10-6-8-20(3)11-12-22/h5-13H2,1-4H3,(H,18,19). The Bertz CT molecular complexity index is 494. The first-order valence-electron chi connectivity index (χ1n) is 8.62. The molecule has 2 rings (SSSR count). The zero-order valence-corrected chi connectivity index (χ0v) is 15.1. The van der Waals surface area contributed by atoms with E-state index in [1.807, 2.05) is 18.9 Å². The molecule has 130 valence electrons. The molecule has 0 aliphatic carbocycles. The lowest BCUT2D eigenvalue weighted by Crippen LogP contribution is -2.40. The molecule has 0 bridgehead atoms. The summed E-state index contributed by atoms with van der Waals surface area (Å²) in [5.41, 5.74) is 3.51. The van der Waals surface area contributed by atoms with Crippen molar-refractivity contribution in [2.75, 3.05) is 53.4 Å². The highest BCUT2D eigenvalue weighted by molar-refractivity contribution is 5.77. The van der Waals surface area contributed by atoms with Crippen LogP contribution in [-0.2, 0) is 11.2 Å². The van der Waals surface area contributed by atoms with Gasteiger partial charge in [-0.05, 0) is 58.8 Å². The van der Waals surface area contributed by atoms with Crippen LogP contribution in [0.1, 0.15) is 29.8 Å². The van der Waals surface area contributed by atoms with Crippen LogP contribution in [0.2, 0.25) is 0 Å². The Morgan fingerprint density at radius 2 is 2.04 bits per heavy atom. The molecule has 6 heteroatoms. The summed E-state index contributed by atoms with van der Waals surface area (Å²) in [6, 6.07) is 0. The average Bonchev–Trinajstić information content (AvgIpc) is 2.71. The van der Waals surface area contributed by atoms with Gasteiger partial charge < -0.3 is 9.80 Å². The van der Waals surface area contributed by atoms with Gasteiger partial charge in [0, 0.05) is 32.4 Å². The number of likely N-dealkylation sites (N-methyl/N-ethyl adjacent to an activating group) is 2. The minimum atomic E-state index is 0.232. The average molecular weight is 321 g/mol. The van der Waals surface area contributed by atoms with Gasteiger partial charge in [0.1, 0.15) is 0 Å². The molecule has 0 atom stereocenters. The predicted molar refractivity (Wildman–Crippen MR) is 92.6 cm³/mol. The minimum absolute atomic E-state index is 0.232. The monoisotopic (exact) mass is 321 g/mol. The third kappa shape index (κ3) is 5.32. The van der Waals surface area contributed by atoms with Gasteiger partial charge in [0.2, 0.25) is 5.91 Å². The van der Waals surface area contributed by atoms with E-state index in [-0.39, 0.29) is 5.91 Å². The Labute approximate surface area is 139 Å². The van der Waals surface area contributed by atoms with E-state index in [2.05, 4.69) is 34.0 Å². The number of amides is 1. The minimum Gasteiger partial charge on any atom is -0.345 e. The van der Waals surface area contributed by atoms with Gasteiger partial charge in [0.25, 0.3) is 0 Å². The van der Waals surface area contributed by atoms with Crippen molar-refractivity contribution in [3.63, 3.8) is 0 Å². The van der Waals surface area contributed by atoms with Crippen molar-refractivity contribution in [3.8, 4) is 0 Å². The lowest BCUT2D eigenvalue weighted by atomic mass is 10.1. The number of aromatic nitrogens is 2. The number of rotatable bonds is 6. The van der Waals surface area contributed by atoms with Gasteiger partial charge in [-0.15, -0.1) is 0 Å². The highest BCUT2D eigenvalue weighted by Gasteiger charge is 2.17. The molecular formula is C17H31N5O. The molecular weight excluding hydrogens is 290 g/mol. The van der Waals surface area contributed by atoms with Crippen LogP contribution < -0.4 is 0 Å². The van der Waals surface area contributed by atoms with Crippen LogP contribution in [0.15, 0.2) is 0 Å². The molecule has 1 aliphatic rings. The lowest BCUT2D eigenvalue weighted by molar-refractivity contribution is -0.131. The van der Waals surface area contributed by atoms with Gasteiger partial charge >= 0.3 is 0 Å². The Morgan fingerprint density at radius 3 is 2.74 bits per heavy atom. The zero-order chi connectivity index (χ0) is 16.8. The van der Waals surface area contributed by atoms with E-state index in [4.69, 9.17) is 0 Å². The molecule has 1 saturated heterocycles. The second-order valence-electron chi connectivity index (χ2n) is 6.76. The van der Waals surface area contributed by atoms with E-state index < -0.39 is 0 Å². The third-order valence-corrected chi connectivity index (χ3v) is 4.80. The van der Waals surface area contributed by atoms with Gasteiger partial charge in [0.15, 0.2) is 0 Å². The molecule has 1 aromatic heterocycles. The summed E-state index contributed by atoms with van der Waals surface area (Å²) >= 11 is 0. The Balaban J connectivity index is 1.72. The second-order valence-corrected chi connectivity index (χ2v) is 6.76. The highest BCUT2D eigenvalue weighted by atomic mass is 16.2. The van der Waals surface area contributed by atoms with Crippen LogP contribution >= 0.6 is 0 Å². The second kappa shape index (κ2) is 8.45. The topological polar surface area (TPSA) is 55.5 Å². The van der Waals surface area contributed by atoms with E-state index in [0.29, 0.717) is 6.54 Å². The fraction of sp³-hybridized carbons (Fsp3) is 0.765. The maximum Gasteiger partial charge on any atom is 0.236 e. The predicted octanol–water partition coefficient (Wildman–Crippen LogP) is 1.06. The molecule has 23 heavy (non-hydrogen) atoms. The first-order valence-corrected chi connectivity index (χ1v) is 8.62. The molecule has 1 aromatic rings. The molecule has 1 amide bonds. The smallest absolute Gasteiger partial charge is 0.236 e. The summed E-state index contributed by atoms with van der Waals surface area (Å²) in [7, 11) is 4.07. The molecule has 1 N–H and O–H groups in total. The summed E-state index contributed by atoms with van der Waals surface area (Å²) in [5.74, 6) is 0.232. The Morgan fingerprint density at radius 1 is 1.26 bits per heavy atom. The number of H-pyrrole nitrogens is 1. The number of hydrogen-bond acceptors (Lipinski definition) is 4. The van der Waals surface area contributed by atoms with Crippen LogP contribution in [0.3, 0.4) is 0 Å². The third-order valence-electron chi connectivity index (χ3n) is 4.80. The van der Waals surface area contributed by atoms with E-state index in [1.54, 1.807) is 0 Å². The molecule has 0 radical (unpaired) electrons. The molecule has 6 nitrogen and oxygen atoms in total. The fourth-order valence-corrected chi connectivity index (χ4v) is 3.13. The summed E-state index contributed by atoms with van der Waals surface area (Å²) < 4.78 is 0. The van der Waals surface area contributed by atoms with Crippen molar-refractivity contribution in [3.05, 3.63) is 17.0 Å². The number of nitrogens with zero attached hydrogens (tertiary/aromatic N) is 4. The first kappa shape index (κ1) is 17.9. The van der Waals surface area contributed by atoms with Crippen molar-refractivity contribution in [1.29, 1.82) is 0 Å². The van der Waals surface area contributed by atoms with Crippen LogP contribution in [0.4, 0.5) is 0 Å². The van der Waals surface area contributed by atoms with Crippen molar-refractivity contribution in [2.24, 2.45) is 0 Å². The van der Waals surface area contributed by atoms with Crippen LogP contribution in [0.25, 0.3) is 0 Å². The first-order chi connectivity index (χ1) is 11.0. The van der Waals surface area contributed by atoms with Gasteiger partial charge in [-0.2, -0.15) is 5.10 Å². The van der Waals surface area contributed by atoms with Crippen molar-refractivity contribution >= 4 is 5.91 Å². The normalized spacial score (nSPS) is 17.2. The van der Waals surface area contributed by atoms with E-state index >= 15 is 0 Å². The lowest BCUT2D eigenvalue weighted by Gasteiger charge is -2.23. The SMILES string of the molecule is Cc1n[nH]c(C)c1CCCN(C)C(=O)CN1CCCN(C)CC1. The fourth-order valence-electron chi connectivity index (χ4n) is 3.13. The maximum absolute atomic E-state index is 12.4. The number of aryl methyl sites for hydroxylation is 2. The van der Waals surface area contributed by atoms with Crippen LogP contribution in [-0.4, -0.2) is 84.2 Å². The van der Waals surface area contributed by atoms with Crippen LogP contribution in [0.5, 0.6) is 0 Å². The van der Waals surface area contributed by atoms with Gasteiger partial charge in [-0.1, -0.05) is 0 Å². The summed E-state index contributed by atoms with van der Waals surface area (Å²) in [4.78, 5) is 18.9. The van der Waals surface area contributed by atoms with E-state index in [0.717, 1.165) is 63.4 Å². The number of hydrogen-bond donors (Lipinski definition) is 1. The van der Waals surface area contributed by atoms with E-state index in [1.165, 1.54) is 5.56 Å². The summed E-state index contributed by atoms with van der Waals surface area (Å²) in [6.45, 7) is 9.64. The molecule has 0 aromatic carbocycles. The van der Waals surface area contributed by atoms with Gasteiger partial charge in [0.05, 0.1) is 12.2 Å². The molecule has 1 aliphatic heterocycles. The summed E-state index contributed by atoms with van der Waals surface area (Å²) in [6.07, 6.45) is 3.10. The number of carbonyl (C=O) groups is 1. The van der Waals surface area contributed by atoms with Crippen molar-refractivity contribution in [2.45, 2.75) is 33.1 Å². The van der Waals surface area contributed by atoms with Crippen molar-refractivity contribution < 1.29 is 4.79 Å². The Hall–Kier alpha value is -1.40. The van der Waals surface area contributed by atoms with E-state index in [9.17, 15) is 4.79 Å². The van der Waals surface area contributed by atoms with Gasteiger partial charge in [-0.3, -0.25) is 14.8 Å². The maximum atomic E-state index is 12.4. The highest BCUT2D eigenvalue weighted by Crippen LogP contribution is 2.12. The number of aromatic amines is 1. The molecule has 0 unspecified atom stereocenters. The largest absolute Gasteiger partial charge is 0.345 e. The zero-order valence-electron chi connectivity index (χ0n) is 15.1. The Kier molecular flexibility index (Phi) is 6.59. The summed E-state index contributed by atoms with van der Waals surface area (Å²) in [5, 5.41) is 7.25. The number of carbonyl (C=O) groups excluding carboxylic acids is 1. The van der Waals surface area contributed by atoms with Gasteiger partial charge in [-0.25, -0.2) is 0 Å². The molecule has 2 heterocycles. The quantitative estimate of drug-likeness (QED) is 0.851. The van der Waals surface area contributed by atoms with Crippen LogP contribution in [0, 0.1) is 13.8 Å². The molecule has 0 saturated carbocycles. The molecule has 0 spiro atoms.